The third kappa shape index (κ3) is 3.24. The number of non-ortho nitro benzene ring substituents is 1. The van der Waals surface area contributed by atoms with E-state index in [2.05, 4.69) is 10.1 Å². The number of aromatic nitrogens is 3. The van der Waals surface area contributed by atoms with E-state index in [1.54, 1.807) is 16.6 Å². The van der Waals surface area contributed by atoms with Gasteiger partial charge >= 0.3 is 0 Å². The van der Waals surface area contributed by atoms with Gasteiger partial charge in [0.25, 0.3) is 5.69 Å². The van der Waals surface area contributed by atoms with E-state index < -0.39 is 4.92 Å². The standard InChI is InChI=1S/C13H13N5O2S.ClH/c14-7-1-2-12-16-17-8-11(15-13(17)21-12)9-3-5-10(6-4-9)18(19)20;/h3-6,8H,1-2,7,14H2;1H. The molecule has 0 aliphatic carbocycles. The lowest BCUT2D eigenvalue weighted by Crippen LogP contribution is -2.00. The summed E-state index contributed by atoms with van der Waals surface area (Å²) in [7, 11) is 0. The summed E-state index contributed by atoms with van der Waals surface area (Å²) in [5.41, 5.74) is 7.15. The summed E-state index contributed by atoms with van der Waals surface area (Å²) in [4.78, 5) is 15.5. The Morgan fingerprint density at radius 1 is 1.32 bits per heavy atom. The molecule has 2 N–H and O–H groups in total. The number of rotatable bonds is 5. The summed E-state index contributed by atoms with van der Waals surface area (Å²) in [5.74, 6) is 0. The molecule has 0 spiro atoms. The second kappa shape index (κ2) is 6.82. The van der Waals surface area contributed by atoms with Crippen molar-refractivity contribution in [3.63, 3.8) is 0 Å². The summed E-state index contributed by atoms with van der Waals surface area (Å²) < 4.78 is 1.74. The van der Waals surface area contributed by atoms with E-state index in [4.69, 9.17) is 5.73 Å². The molecule has 0 saturated carbocycles. The van der Waals surface area contributed by atoms with E-state index in [9.17, 15) is 10.1 Å². The maximum absolute atomic E-state index is 10.6. The number of benzene rings is 1. The number of hydrogen-bond acceptors (Lipinski definition) is 6. The van der Waals surface area contributed by atoms with Crippen LogP contribution >= 0.6 is 23.7 Å². The number of nitro benzene ring substituents is 1. The molecule has 9 heteroatoms. The van der Waals surface area contributed by atoms with Gasteiger partial charge in [-0.05, 0) is 25.1 Å². The molecule has 7 nitrogen and oxygen atoms in total. The van der Waals surface area contributed by atoms with Crippen molar-refractivity contribution in [3.8, 4) is 11.3 Å². The first kappa shape index (κ1) is 16.3. The van der Waals surface area contributed by atoms with Crippen molar-refractivity contribution in [3.05, 3.63) is 45.6 Å². The van der Waals surface area contributed by atoms with E-state index in [-0.39, 0.29) is 18.1 Å². The van der Waals surface area contributed by atoms with Gasteiger partial charge in [0.15, 0.2) is 0 Å². The van der Waals surface area contributed by atoms with Gasteiger partial charge in [0.05, 0.1) is 16.8 Å². The van der Waals surface area contributed by atoms with Crippen LogP contribution in [0.25, 0.3) is 16.2 Å². The van der Waals surface area contributed by atoms with Gasteiger partial charge in [-0.25, -0.2) is 9.50 Å². The molecule has 0 atom stereocenters. The molecule has 0 fully saturated rings. The third-order valence-corrected chi connectivity index (χ3v) is 4.04. The number of halogens is 1. The van der Waals surface area contributed by atoms with Crippen LogP contribution in [0.5, 0.6) is 0 Å². The van der Waals surface area contributed by atoms with Crippen LogP contribution in [-0.4, -0.2) is 26.1 Å². The molecule has 3 aromatic rings. The van der Waals surface area contributed by atoms with E-state index in [1.165, 1.54) is 23.5 Å². The Morgan fingerprint density at radius 3 is 2.64 bits per heavy atom. The Labute approximate surface area is 136 Å². The van der Waals surface area contributed by atoms with Crippen LogP contribution in [0.2, 0.25) is 0 Å². The molecular formula is C13H14ClN5O2S. The monoisotopic (exact) mass is 339 g/mol. The van der Waals surface area contributed by atoms with Crippen molar-refractivity contribution in [1.82, 2.24) is 14.6 Å². The highest BCUT2D eigenvalue weighted by molar-refractivity contribution is 7.16. The van der Waals surface area contributed by atoms with Crippen molar-refractivity contribution in [1.29, 1.82) is 0 Å². The van der Waals surface area contributed by atoms with Crippen molar-refractivity contribution < 1.29 is 4.92 Å². The number of imidazole rings is 1. The molecule has 3 rings (SSSR count). The normalized spacial score (nSPS) is 10.6. The van der Waals surface area contributed by atoms with Crippen molar-refractivity contribution in [2.75, 3.05) is 6.54 Å². The van der Waals surface area contributed by atoms with E-state index >= 15 is 0 Å². The number of nitrogens with zero attached hydrogens (tertiary/aromatic N) is 4. The first-order valence-corrected chi connectivity index (χ1v) is 7.29. The predicted molar refractivity (Wildman–Crippen MR) is 87.6 cm³/mol. The van der Waals surface area contributed by atoms with Gasteiger partial charge in [-0.1, -0.05) is 11.3 Å². The molecule has 0 bridgehead atoms. The Balaban J connectivity index is 0.00000176. The lowest BCUT2D eigenvalue weighted by Gasteiger charge is -1.95. The Bertz CT molecular complexity index is 752. The van der Waals surface area contributed by atoms with Crippen molar-refractivity contribution in [2.24, 2.45) is 5.73 Å². The second-order valence-corrected chi connectivity index (χ2v) is 5.59. The predicted octanol–water partition coefficient (Wildman–Crippen LogP) is 2.68. The van der Waals surface area contributed by atoms with Crippen LogP contribution in [0.4, 0.5) is 5.69 Å². The lowest BCUT2D eigenvalue weighted by atomic mass is 10.1. The number of fused-ring (bicyclic) bond motifs is 1. The minimum absolute atomic E-state index is 0. The highest BCUT2D eigenvalue weighted by Crippen LogP contribution is 2.24. The largest absolute Gasteiger partial charge is 0.330 e. The Kier molecular flexibility index (Phi) is 5.07. The van der Waals surface area contributed by atoms with Crippen LogP contribution < -0.4 is 5.73 Å². The highest BCUT2D eigenvalue weighted by Gasteiger charge is 2.11. The van der Waals surface area contributed by atoms with Gasteiger partial charge in [0.2, 0.25) is 4.96 Å². The van der Waals surface area contributed by atoms with Crippen molar-refractivity contribution >= 4 is 34.4 Å². The molecule has 0 aliphatic rings. The van der Waals surface area contributed by atoms with Gasteiger partial charge in [-0.3, -0.25) is 10.1 Å². The molecule has 116 valence electrons. The van der Waals surface area contributed by atoms with E-state index in [1.807, 2.05) is 6.20 Å². The van der Waals surface area contributed by atoms with Crippen LogP contribution in [0.1, 0.15) is 11.4 Å². The molecule has 0 radical (unpaired) electrons. The maximum Gasteiger partial charge on any atom is 0.269 e. The minimum Gasteiger partial charge on any atom is -0.330 e. The number of aryl methyl sites for hydroxylation is 1. The Hall–Kier alpha value is -2.03. The summed E-state index contributed by atoms with van der Waals surface area (Å²) in [6.07, 6.45) is 3.60. The molecule has 1 aromatic carbocycles. The summed E-state index contributed by atoms with van der Waals surface area (Å²) in [5, 5.41) is 16.1. The summed E-state index contributed by atoms with van der Waals surface area (Å²) in [6.45, 7) is 0.649. The van der Waals surface area contributed by atoms with Gasteiger partial charge in [0.1, 0.15) is 5.01 Å². The molecule has 0 amide bonds. The number of hydrogen-bond donors (Lipinski definition) is 1. The fraction of sp³-hybridized carbons (Fsp3) is 0.231. The zero-order chi connectivity index (χ0) is 14.8. The molecule has 0 aliphatic heterocycles. The molecule has 0 unspecified atom stereocenters. The SMILES string of the molecule is Cl.NCCCc1nn2cc(-c3ccc([N+](=O)[O-])cc3)nc2s1. The second-order valence-electron chi connectivity index (χ2n) is 4.55. The fourth-order valence-electron chi connectivity index (χ4n) is 1.99. The zero-order valence-electron chi connectivity index (χ0n) is 11.5. The van der Waals surface area contributed by atoms with Crippen LogP contribution in [0.15, 0.2) is 30.5 Å². The Morgan fingerprint density at radius 2 is 2.05 bits per heavy atom. The van der Waals surface area contributed by atoms with E-state index in [0.717, 1.165) is 34.1 Å². The first-order valence-electron chi connectivity index (χ1n) is 6.47. The first-order chi connectivity index (χ1) is 10.2. The number of nitrogens with two attached hydrogens (primary N) is 1. The molecular weight excluding hydrogens is 326 g/mol. The lowest BCUT2D eigenvalue weighted by molar-refractivity contribution is -0.384. The molecule has 2 aromatic heterocycles. The van der Waals surface area contributed by atoms with Crippen LogP contribution in [0, 0.1) is 10.1 Å². The highest BCUT2D eigenvalue weighted by atomic mass is 35.5. The van der Waals surface area contributed by atoms with Gasteiger partial charge < -0.3 is 5.73 Å². The average Bonchev–Trinajstić information content (AvgIpc) is 3.03. The van der Waals surface area contributed by atoms with Crippen molar-refractivity contribution in [2.45, 2.75) is 12.8 Å². The molecule has 0 saturated heterocycles. The topological polar surface area (TPSA) is 99.3 Å². The fourth-order valence-corrected chi connectivity index (χ4v) is 2.91. The zero-order valence-corrected chi connectivity index (χ0v) is 13.1. The minimum atomic E-state index is -0.416. The molecule has 22 heavy (non-hydrogen) atoms. The maximum atomic E-state index is 10.6. The smallest absolute Gasteiger partial charge is 0.269 e. The van der Waals surface area contributed by atoms with E-state index in [0.29, 0.717) is 6.54 Å². The average molecular weight is 340 g/mol. The molecule has 2 heterocycles. The van der Waals surface area contributed by atoms with Crippen LogP contribution in [0.3, 0.4) is 0 Å². The van der Waals surface area contributed by atoms with Gasteiger partial charge in [0, 0.05) is 24.1 Å². The summed E-state index contributed by atoms with van der Waals surface area (Å²) >= 11 is 1.54. The summed E-state index contributed by atoms with van der Waals surface area (Å²) in [6, 6.07) is 6.34. The van der Waals surface area contributed by atoms with Crippen LogP contribution in [-0.2, 0) is 6.42 Å². The number of nitro groups is 1. The third-order valence-electron chi connectivity index (χ3n) is 3.05. The van der Waals surface area contributed by atoms with Gasteiger partial charge in [-0.15, -0.1) is 12.4 Å². The quantitative estimate of drug-likeness (QED) is 0.569. The van der Waals surface area contributed by atoms with Gasteiger partial charge in [-0.2, -0.15) is 5.10 Å².